The highest BCUT2D eigenvalue weighted by atomic mass is 15.2. The molecule has 0 aliphatic carbocycles. The Kier molecular flexibility index (Phi) is 3.26. The summed E-state index contributed by atoms with van der Waals surface area (Å²) in [6.07, 6.45) is 9.05. The van der Waals surface area contributed by atoms with Gasteiger partial charge in [-0.1, -0.05) is 6.92 Å². The van der Waals surface area contributed by atoms with Crippen LogP contribution < -0.4 is 5.32 Å². The van der Waals surface area contributed by atoms with Crippen molar-refractivity contribution >= 4 is 0 Å². The third kappa shape index (κ3) is 2.25. The molecule has 0 aliphatic heterocycles. The third-order valence-corrected chi connectivity index (χ3v) is 2.38. The summed E-state index contributed by atoms with van der Waals surface area (Å²) in [6, 6.07) is 0.111. The lowest BCUT2D eigenvalue weighted by atomic mass is 10.1. The van der Waals surface area contributed by atoms with Crippen LogP contribution in [0.1, 0.15) is 24.1 Å². The molecule has 0 radical (unpaired) electrons. The summed E-state index contributed by atoms with van der Waals surface area (Å²) < 4.78 is 1.80. The molecular weight excluding hydrogens is 202 g/mol. The average molecular weight is 217 g/mol. The van der Waals surface area contributed by atoms with E-state index in [1.807, 2.05) is 31.8 Å². The van der Waals surface area contributed by atoms with E-state index >= 15 is 0 Å². The molecule has 1 N–H and O–H groups in total. The summed E-state index contributed by atoms with van der Waals surface area (Å²) in [4.78, 5) is 8.08. The molecule has 5 nitrogen and oxygen atoms in total. The summed E-state index contributed by atoms with van der Waals surface area (Å²) in [7, 11) is 1.91. The Morgan fingerprint density at radius 3 is 2.56 bits per heavy atom. The first-order valence-corrected chi connectivity index (χ1v) is 5.28. The fourth-order valence-corrected chi connectivity index (χ4v) is 1.68. The van der Waals surface area contributed by atoms with Crippen LogP contribution in [0.15, 0.2) is 31.1 Å². The summed E-state index contributed by atoms with van der Waals surface area (Å²) in [5, 5.41) is 7.58. The zero-order chi connectivity index (χ0) is 11.4. The fourth-order valence-electron chi connectivity index (χ4n) is 1.68. The van der Waals surface area contributed by atoms with Crippen molar-refractivity contribution < 1.29 is 0 Å². The van der Waals surface area contributed by atoms with E-state index in [4.69, 9.17) is 0 Å². The largest absolute Gasteiger partial charge is 0.306 e. The Morgan fingerprint density at radius 2 is 2.00 bits per heavy atom. The van der Waals surface area contributed by atoms with Crippen LogP contribution in [0.2, 0.25) is 0 Å². The Labute approximate surface area is 94.5 Å². The number of nitrogens with zero attached hydrogens (tertiary/aromatic N) is 4. The van der Waals surface area contributed by atoms with Gasteiger partial charge in [-0.05, 0) is 6.54 Å². The van der Waals surface area contributed by atoms with Crippen molar-refractivity contribution in [3.05, 3.63) is 42.2 Å². The quantitative estimate of drug-likeness (QED) is 0.827. The van der Waals surface area contributed by atoms with Gasteiger partial charge < -0.3 is 5.32 Å². The van der Waals surface area contributed by atoms with E-state index in [0.717, 1.165) is 17.7 Å². The minimum absolute atomic E-state index is 0.111. The molecule has 0 amide bonds. The van der Waals surface area contributed by atoms with Crippen LogP contribution in [0.4, 0.5) is 0 Å². The zero-order valence-electron chi connectivity index (χ0n) is 9.46. The molecule has 0 bridgehead atoms. The van der Waals surface area contributed by atoms with E-state index < -0.39 is 0 Å². The maximum absolute atomic E-state index is 4.18. The van der Waals surface area contributed by atoms with Gasteiger partial charge in [-0.25, -0.2) is 9.97 Å². The van der Waals surface area contributed by atoms with Crippen molar-refractivity contribution in [1.29, 1.82) is 0 Å². The molecule has 5 heteroatoms. The minimum atomic E-state index is 0.111. The van der Waals surface area contributed by atoms with E-state index in [2.05, 4.69) is 27.3 Å². The molecule has 2 rings (SSSR count). The number of rotatable bonds is 4. The topological polar surface area (TPSA) is 55.6 Å². The number of hydrogen-bond donors (Lipinski definition) is 1. The predicted octanol–water partition coefficient (Wildman–Crippen LogP) is 0.909. The maximum Gasteiger partial charge on any atom is 0.115 e. The molecule has 0 aliphatic rings. The van der Waals surface area contributed by atoms with Crippen molar-refractivity contribution in [2.75, 3.05) is 6.54 Å². The Balaban J connectivity index is 2.31. The smallest absolute Gasteiger partial charge is 0.115 e. The molecule has 2 aromatic heterocycles. The van der Waals surface area contributed by atoms with Gasteiger partial charge in [-0.2, -0.15) is 5.10 Å². The Bertz CT molecular complexity index is 437. The lowest BCUT2D eigenvalue weighted by Crippen LogP contribution is -2.21. The van der Waals surface area contributed by atoms with E-state index in [1.165, 1.54) is 6.33 Å². The van der Waals surface area contributed by atoms with Crippen LogP contribution >= 0.6 is 0 Å². The molecule has 2 aromatic rings. The SMILES string of the molecule is CCNC(c1cncnc1)c1cnn(C)c1. The molecule has 0 fully saturated rings. The molecule has 84 valence electrons. The summed E-state index contributed by atoms with van der Waals surface area (Å²) in [5.41, 5.74) is 2.18. The molecule has 0 aromatic carbocycles. The second-order valence-electron chi connectivity index (χ2n) is 3.61. The first-order chi connectivity index (χ1) is 7.81. The van der Waals surface area contributed by atoms with Gasteiger partial charge in [0, 0.05) is 36.8 Å². The lowest BCUT2D eigenvalue weighted by Gasteiger charge is -2.15. The van der Waals surface area contributed by atoms with Crippen LogP contribution in [-0.4, -0.2) is 26.3 Å². The van der Waals surface area contributed by atoms with Gasteiger partial charge in [0.2, 0.25) is 0 Å². The fraction of sp³-hybridized carbons (Fsp3) is 0.364. The highest BCUT2D eigenvalue weighted by Crippen LogP contribution is 2.19. The minimum Gasteiger partial charge on any atom is -0.306 e. The molecule has 2 heterocycles. The van der Waals surface area contributed by atoms with Gasteiger partial charge in [-0.3, -0.25) is 4.68 Å². The first-order valence-electron chi connectivity index (χ1n) is 5.28. The molecule has 0 saturated carbocycles. The highest BCUT2D eigenvalue weighted by molar-refractivity contribution is 5.24. The second kappa shape index (κ2) is 4.85. The number of aryl methyl sites for hydroxylation is 1. The average Bonchev–Trinajstić information content (AvgIpc) is 2.74. The standard InChI is InChI=1S/C11H15N5/c1-3-14-11(9-4-12-8-13-5-9)10-6-15-16(2)7-10/h4-8,11,14H,3H2,1-2H3. The van der Waals surface area contributed by atoms with Crippen LogP contribution in [0.5, 0.6) is 0 Å². The van der Waals surface area contributed by atoms with Gasteiger partial charge in [0.15, 0.2) is 0 Å². The van der Waals surface area contributed by atoms with Gasteiger partial charge in [0.05, 0.1) is 12.2 Å². The van der Waals surface area contributed by atoms with Crippen molar-refractivity contribution in [2.45, 2.75) is 13.0 Å². The van der Waals surface area contributed by atoms with Gasteiger partial charge in [0.25, 0.3) is 0 Å². The number of aromatic nitrogens is 4. The van der Waals surface area contributed by atoms with Crippen LogP contribution in [0.25, 0.3) is 0 Å². The molecular formula is C11H15N5. The normalized spacial score (nSPS) is 12.6. The highest BCUT2D eigenvalue weighted by Gasteiger charge is 2.14. The first kappa shape index (κ1) is 10.8. The van der Waals surface area contributed by atoms with Crippen LogP contribution in [0.3, 0.4) is 0 Å². The molecule has 0 saturated heterocycles. The van der Waals surface area contributed by atoms with Gasteiger partial charge in [0.1, 0.15) is 6.33 Å². The van der Waals surface area contributed by atoms with Gasteiger partial charge >= 0.3 is 0 Å². The lowest BCUT2D eigenvalue weighted by molar-refractivity contribution is 0.625. The van der Waals surface area contributed by atoms with E-state index in [1.54, 1.807) is 4.68 Å². The van der Waals surface area contributed by atoms with Gasteiger partial charge in [-0.15, -0.1) is 0 Å². The molecule has 1 atom stereocenters. The van der Waals surface area contributed by atoms with E-state index in [9.17, 15) is 0 Å². The molecule has 1 unspecified atom stereocenters. The molecule has 0 spiro atoms. The second-order valence-corrected chi connectivity index (χ2v) is 3.61. The van der Waals surface area contributed by atoms with Crippen molar-refractivity contribution in [3.63, 3.8) is 0 Å². The Hall–Kier alpha value is -1.75. The van der Waals surface area contributed by atoms with Crippen molar-refractivity contribution in [3.8, 4) is 0 Å². The Morgan fingerprint density at radius 1 is 1.25 bits per heavy atom. The summed E-state index contributed by atoms with van der Waals surface area (Å²) >= 11 is 0. The monoisotopic (exact) mass is 217 g/mol. The van der Waals surface area contributed by atoms with E-state index in [0.29, 0.717) is 0 Å². The summed E-state index contributed by atoms with van der Waals surface area (Å²) in [5.74, 6) is 0. The van der Waals surface area contributed by atoms with Crippen molar-refractivity contribution in [2.24, 2.45) is 7.05 Å². The van der Waals surface area contributed by atoms with Crippen LogP contribution in [-0.2, 0) is 7.05 Å². The zero-order valence-corrected chi connectivity index (χ0v) is 9.46. The third-order valence-electron chi connectivity index (χ3n) is 2.38. The summed E-state index contributed by atoms with van der Waals surface area (Å²) in [6.45, 7) is 2.96. The van der Waals surface area contributed by atoms with E-state index in [-0.39, 0.29) is 6.04 Å². The van der Waals surface area contributed by atoms with Crippen LogP contribution in [0, 0.1) is 0 Å². The number of nitrogens with one attached hydrogen (secondary N) is 1. The maximum atomic E-state index is 4.18. The molecule has 16 heavy (non-hydrogen) atoms. The number of hydrogen-bond acceptors (Lipinski definition) is 4. The predicted molar refractivity (Wildman–Crippen MR) is 60.8 cm³/mol. The van der Waals surface area contributed by atoms with Crippen molar-refractivity contribution in [1.82, 2.24) is 25.1 Å².